The average Bonchev–Trinajstić information content (AvgIpc) is 2.23. The summed E-state index contributed by atoms with van der Waals surface area (Å²) in [5.41, 5.74) is 2.53. The van der Waals surface area contributed by atoms with E-state index in [0.717, 1.165) is 26.1 Å². The Morgan fingerprint density at radius 1 is 1.13 bits per heavy atom. The van der Waals surface area contributed by atoms with Gasteiger partial charge in [0.2, 0.25) is 0 Å². The predicted molar refractivity (Wildman–Crippen MR) is 65.9 cm³/mol. The van der Waals surface area contributed by atoms with E-state index in [2.05, 4.69) is 36.5 Å². The SMILES string of the molecule is Cc1ccc(NC2CCOCC2)cc1.Cl. The lowest BCUT2D eigenvalue weighted by molar-refractivity contribution is 0.0904. The Kier molecular flexibility index (Phi) is 4.92. The van der Waals surface area contributed by atoms with Crippen molar-refractivity contribution < 1.29 is 4.74 Å². The van der Waals surface area contributed by atoms with Gasteiger partial charge in [0, 0.05) is 24.9 Å². The molecule has 0 unspecified atom stereocenters. The lowest BCUT2D eigenvalue weighted by Crippen LogP contribution is -2.27. The highest BCUT2D eigenvalue weighted by molar-refractivity contribution is 5.85. The van der Waals surface area contributed by atoms with Crippen molar-refractivity contribution in [3.8, 4) is 0 Å². The lowest BCUT2D eigenvalue weighted by Gasteiger charge is -2.24. The van der Waals surface area contributed by atoms with E-state index in [1.807, 2.05) is 0 Å². The van der Waals surface area contributed by atoms with Gasteiger partial charge in [0.25, 0.3) is 0 Å². The Balaban J connectivity index is 0.00000112. The van der Waals surface area contributed by atoms with Crippen LogP contribution in [0.2, 0.25) is 0 Å². The van der Waals surface area contributed by atoms with Crippen molar-refractivity contribution >= 4 is 18.1 Å². The van der Waals surface area contributed by atoms with E-state index in [1.165, 1.54) is 11.3 Å². The Hall–Kier alpha value is -0.730. The maximum Gasteiger partial charge on any atom is 0.0485 e. The first-order valence-corrected chi connectivity index (χ1v) is 5.25. The molecule has 0 saturated carbocycles. The van der Waals surface area contributed by atoms with E-state index in [0.29, 0.717) is 6.04 Å². The van der Waals surface area contributed by atoms with Gasteiger partial charge in [-0.05, 0) is 31.9 Å². The summed E-state index contributed by atoms with van der Waals surface area (Å²) >= 11 is 0. The largest absolute Gasteiger partial charge is 0.382 e. The minimum absolute atomic E-state index is 0. The second-order valence-corrected chi connectivity index (χ2v) is 3.90. The summed E-state index contributed by atoms with van der Waals surface area (Å²) in [4.78, 5) is 0. The second kappa shape index (κ2) is 5.99. The van der Waals surface area contributed by atoms with E-state index >= 15 is 0 Å². The zero-order valence-corrected chi connectivity index (χ0v) is 9.85. The third-order valence-corrected chi connectivity index (χ3v) is 2.64. The van der Waals surface area contributed by atoms with Crippen LogP contribution in [0.5, 0.6) is 0 Å². The minimum Gasteiger partial charge on any atom is -0.382 e. The third-order valence-electron chi connectivity index (χ3n) is 2.64. The molecule has 0 bridgehead atoms. The molecule has 2 nitrogen and oxygen atoms in total. The van der Waals surface area contributed by atoms with Gasteiger partial charge in [-0.2, -0.15) is 0 Å². The molecule has 1 aromatic carbocycles. The number of hydrogen-bond donors (Lipinski definition) is 1. The van der Waals surface area contributed by atoms with Gasteiger partial charge in [0.05, 0.1) is 0 Å². The number of rotatable bonds is 2. The third kappa shape index (κ3) is 3.73. The Morgan fingerprint density at radius 3 is 2.33 bits per heavy atom. The van der Waals surface area contributed by atoms with E-state index < -0.39 is 0 Å². The van der Waals surface area contributed by atoms with E-state index in [-0.39, 0.29) is 12.4 Å². The number of benzene rings is 1. The monoisotopic (exact) mass is 227 g/mol. The molecule has 3 heteroatoms. The summed E-state index contributed by atoms with van der Waals surface area (Å²) in [5, 5.41) is 3.53. The summed E-state index contributed by atoms with van der Waals surface area (Å²) < 4.78 is 5.32. The topological polar surface area (TPSA) is 21.3 Å². The molecule has 0 radical (unpaired) electrons. The predicted octanol–water partition coefficient (Wildman–Crippen LogP) is 3.01. The summed E-state index contributed by atoms with van der Waals surface area (Å²) in [6.45, 7) is 3.89. The van der Waals surface area contributed by atoms with Gasteiger partial charge in [0.15, 0.2) is 0 Å². The van der Waals surface area contributed by atoms with Gasteiger partial charge in [0.1, 0.15) is 0 Å². The highest BCUT2D eigenvalue weighted by Crippen LogP contribution is 2.15. The summed E-state index contributed by atoms with van der Waals surface area (Å²) in [6, 6.07) is 9.16. The van der Waals surface area contributed by atoms with Gasteiger partial charge in [-0.1, -0.05) is 17.7 Å². The van der Waals surface area contributed by atoms with E-state index in [1.54, 1.807) is 0 Å². The molecule has 0 spiro atoms. The fourth-order valence-electron chi connectivity index (χ4n) is 1.73. The molecule has 84 valence electrons. The molecule has 1 fully saturated rings. The molecule has 1 aromatic rings. The van der Waals surface area contributed by atoms with Gasteiger partial charge >= 0.3 is 0 Å². The van der Waals surface area contributed by atoms with Crippen LogP contribution in [0.25, 0.3) is 0 Å². The van der Waals surface area contributed by atoms with E-state index in [9.17, 15) is 0 Å². The van der Waals surface area contributed by atoms with Crippen molar-refractivity contribution in [3.05, 3.63) is 29.8 Å². The van der Waals surface area contributed by atoms with Crippen LogP contribution in [0.4, 0.5) is 5.69 Å². The fraction of sp³-hybridized carbons (Fsp3) is 0.500. The lowest BCUT2D eigenvalue weighted by atomic mass is 10.1. The molecule has 0 aromatic heterocycles. The first kappa shape index (κ1) is 12.3. The first-order valence-electron chi connectivity index (χ1n) is 5.25. The van der Waals surface area contributed by atoms with Crippen molar-refractivity contribution in [2.45, 2.75) is 25.8 Å². The van der Waals surface area contributed by atoms with Gasteiger partial charge in [-0.15, -0.1) is 12.4 Å². The molecule has 0 atom stereocenters. The minimum atomic E-state index is 0. The normalized spacial score (nSPS) is 16.9. The van der Waals surface area contributed by atoms with Crippen LogP contribution in [0.3, 0.4) is 0 Å². The standard InChI is InChI=1S/C12H17NO.ClH/c1-10-2-4-11(5-3-10)13-12-6-8-14-9-7-12;/h2-5,12-13H,6-9H2,1H3;1H. The number of ether oxygens (including phenoxy) is 1. The maximum atomic E-state index is 5.32. The van der Waals surface area contributed by atoms with Crippen molar-refractivity contribution in [2.24, 2.45) is 0 Å². The van der Waals surface area contributed by atoms with Crippen molar-refractivity contribution in [1.82, 2.24) is 0 Å². The van der Waals surface area contributed by atoms with Crippen LogP contribution in [0.15, 0.2) is 24.3 Å². The average molecular weight is 228 g/mol. The first-order chi connectivity index (χ1) is 6.84. The van der Waals surface area contributed by atoms with Crippen molar-refractivity contribution in [2.75, 3.05) is 18.5 Å². The van der Waals surface area contributed by atoms with Gasteiger partial charge < -0.3 is 10.1 Å². The zero-order chi connectivity index (χ0) is 9.80. The molecule has 1 saturated heterocycles. The Bertz CT molecular complexity index is 280. The number of hydrogen-bond acceptors (Lipinski definition) is 2. The molecule has 1 aliphatic rings. The Morgan fingerprint density at radius 2 is 1.73 bits per heavy atom. The van der Waals surface area contributed by atoms with Gasteiger partial charge in [-0.3, -0.25) is 0 Å². The molecule has 0 amide bonds. The highest BCUT2D eigenvalue weighted by Gasteiger charge is 2.12. The Labute approximate surface area is 97.4 Å². The molecule has 15 heavy (non-hydrogen) atoms. The smallest absolute Gasteiger partial charge is 0.0485 e. The quantitative estimate of drug-likeness (QED) is 0.839. The highest BCUT2D eigenvalue weighted by atomic mass is 35.5. The molecule has 2 rings (SSSR count). The zero-order valence-electron chi connectivity index (χ0n) is 9.03. The molecule has 1 N–H and O–H groups in total. The number of aryl methyl sites for hydroxylation is 1. The van der Waals surface area contributed by atoms with Crippen molar-refractivity contribution in [3.63, 3.8) is 0 Å². The summed E-state index contributed by atoms with van der Waals surface area (Å²) in [5.74, 6) is 0. The molecule has 1 heterocycles. The molecular weight excluding hydrogens is 210 g/mol. The number of halogens is 1. The van der Waals surface area contributed by atoms with Crippen LogP contribution in [0, 0.1) is 6.92 Å². The summed E-state index contributed by atoms with van der Waals surface area (Å²) in [7, 11) is 0. The molecular formula is C12H18ClNO. The molecule has 1 aliphatic heterocycles. The summed E-state index contributed by atoms with van der Waals surface area (Å²) in [6.07, 6.45) is 2.24. The van der Waals surface area contributed by atoms with Gasteiger partial charge in [-0.25, -0.2) is 0 Å². The number of anilines is 1. The van der Waals surface area contributed by atoms with Crippen LogP contribution >= 0.6 is 12.4 Å². The second-order valence-electron chi connectivity index (χ2n) is 3.90. The van der Waals surface area contributed by atoms with Crippen LogP contribution in [-0.2, 0) is 4.74 Å². The molecule has 0 aliphatic carbocycles. The number of nitrogens with one attached hydrogen (secondary N) is 1. The van der Waals surface area contributed by atoms with Crippen LogP contribution in [-0.4, -0.2) is 19.3 Å². The fourth-order valence-corrected chi connectivity index (χ4v) is 1.73. The maximum absolute atomic E-state index is 5.32. The van der Waals surface area contributed by atoms with Crippen LogP contribution < -0.4 is 5.32 Å². The van der Waals surface area contributed by atoms with Crippen LogP contribution in [0.1, 0.15) is 18.4 Å². The van der Waals surface area contributed by atoms with E-state index in [4.69, 9.17) is 4.74 Å². The van der Waals surface area contributed by atoms with Crippen molar-refractivity contribution in [1.29, 1.82) is 0 Å².